The van der Waals surface area contributed by atoms with Crippen molar-refractivity contribution < 1.29 is 0 Å². The van der Waals surface area contributed by atoms with Gasteiger partial charge >= 0.3 is 0 Å². The van der Waals surface area contributed by atoms with Crippen LogP contribution in [0.2, 0.25) is 5.28 Å². The van der Waals surface area contributed by atoms with Gasteiger partial charge in [0.25, 0.3) is 0 Å². The third-order valence-corrected chi connectivity index (χ3v) is 2.28. The Balaban J connectivity index is 2.37. The zero-order valence-corrected chi connectivity index (χ0v) is 7.67. The van der Waals surface area contributed by atoms with Crippen molar-refractivity contribution in [1.82, 2.24) is 14.9 Å². The molecule has 0 radical (unpaired) electrons. The average Bonchev–Trinajstić information content (AvgIpc) is 2.05. The van der Waals surface area contributed by atoms with E-state index in [0.717, 1.165) is 25.2 Å². The van der Waals surface area contributed by atoms with Gasteiger partial charge in [0, 0.05) is 31.3 Å². The minimum absolute atomic E-state index is 0.360. The van der Waals surface area contributed by atoms with Gasteiger partial charge < -0.3 is 4.90 Å². The monoisotopic (exact) mass is 183 g/mol. The predicted molar refractivity (Wildman–Crippen MR) is 47.1 cm³/mol. The molecule has 0 N–H and O–H groups in total. The van der Waals surface area contributed by atoms with Crippen LogP contribution in [-0.4, -0.2) is 28.5 Å². The smallest absolute Gasteiger partial charge is 0.222 e. The van der Waals surface area contributed by atoms with E-state index in [1.54, 1.807) is 0 Å². The Hall–Kier alpha value is -0.670. The van der Waals surface area contributed by atoms with Crippen molar-refractivity contribution in [3.8, 4) is 0 Å². The van der Waals surface area contributed by atoms with Gasteiger partial charge in [-0.15, -0.1) is 0 Å². The molecule has 2 heterocycles. The first-order valence-electron chi connectivity index (χ1n) is 3.94. The zero-order chi connectivity index (χ0) is 8.55. The van der Waals surface area contributed by atoms with Crippen LogP contribution in [0, 0.1) is 0 Å². The Labute approximate surface area is 76.4 Å². The van der Waals surface area contributed by atoms with Crippen LogP contribution in [0.3, 0.4) is 0 Å². The Morgan fingerprint density at radius 3 is 3.25 bits per heavy atom. The highest BCUT2D eigenvalue weighted by atomic mass is 35.5. The van der Waals surface area contributed by atoms with Crippen LogP contribution in [0.5, 0.6) is 0 Å². The van der Waals surface area contributed by atoms with Gasteiger partial charge in [0.2, 0.25) is 5.28 Å². The maximum atomic E-state index is 5.68. The summed E-state index contributed by atoms with van der Waals surface area (Å²) in [6, 6.07) is 0. The fraction of sp³-hybridized carbons (Fsp3) is 0.500. The highest BCUT2D eigenvalue weighted by molar-refractivity contribution is 6.28. The Morgan fingerprint density at radius 1 is 1.58 bits per heavy atom. The van der Waals surface area contributed by atoms with E-state index >= 15 is 0 Å². The number of halogens is 1. The third-order valence-electron chi connectivity index (χ3n) is 2.10. The van der Waals surface area contributed by atoms with Crippen LogP contribution in [0.4, 0.5) is 0 Å². The van der Waals surface area contributed by atoms with Gasteiger partial charge in [0.15, 0.2) is 0 Å². The molecule has 0 bridgehead atoms. The molecule has 0 atom stereocenters. The van der Waals surface area contributed by atoms with Crippen LogP contribution in [-0.2, 0) is 13.0 Å². The molecule has 4 heteroatoms. The molecule has 0 amide bonds. The van der Waals surface area contributed by atoms with E-state index in [4.69, 9.17) is 11.6 Å². The van der Waals surface area contributed by atoms with Crippen LogP contribution >= 0.6 is 11.6 Å². The molecule has 0 aliphatic carbocycles. The number of nitrogens with zero attached hydrogens (tertiary/aromatic N) is 3. The summed E-state index contributed by atoms with van der Waals surface area (Å²) in [6.07, 6.45) is 2.80. The molecule has 0 aromatic carbocycles. The lowest BCUT2D eigenvalue weighted by Gasteiger charge is -2.23. The standard InChI is InChI=1S/C8H10ClN3/c1-12-3-2-7-6(5-12)4-10-8(9)11-7/h4H,2-3,5H2,1H3. The second-order valence-electron chi connectivity index (χ2n) is 3.10. The van der Waals surface area contributed by atoms with Crippen LogP contribution in [0.15, 0.2) is 6.20 Å². The molecule has 0 fully saturated rings. The van der Waals surface area contributed by atoms with Gasteiger partial charge in [0.1, 0.15) is 0 Å². The largest absolute Gasteiger partial charge is 0.302 e. The normalized spacial score (nSPS) is 17.5. The van der Waals surface area contributed by atoms with Crippen LogP contribution in [0.1, 0.15) is 11.3 Å². The maximum absolute atomic E-state index is 5.68. The molecule has 1 aromatic rings. The molecule has 1 aliphatic rings. The van der Waals surface area contributed by atoms with Gasteiger partial charge in [-0.05, 0) is 18.6 Å². The summed E-state index contributed by atoms with van der Waals surface area (Å²) in [4.78, 5) is 10.4. The van der Waals surface area contributed by atoms with Crippen molar-refractivity contribution in [2.45, 2.75) is 13.0 Å². The van der Waals surface area contributed by atoms with E-state index in [2.05, 4.69) is 21.9 Å². The second kappa shape index (κ2) is 2.99. The van der Waals surface area contributed by atoms with Crippen LogP contribution in [0.25, 0.3) is 0 Å². The van der Waals surface area contributed by atoms with Crippen molar-refractivity contribution in [3.63, 3.8) is 0 Å². The first-order valence-corrected chi connectivity index (χ1v) is 4.32. The summed E-state index contributed by atoms with van der Waals surface area (Å²) >= 11 is 5.68. The Morgan fingerprint density at radius 2 is 2.42 bits per heavy atom. The third kappa shape index (κ3) is 1.42. The fourth-order valence-electron chi connectivity index (χ4n) is 1.43. The molecule has 1 aliphatic heterocycles. The number of likely N-dealkylation sites (N-methyl/N-ethyl adjacent to an activating group) is 1. The van der Waals surface area contributed by atoms with E-state index in [1.807, 2.05) is 6.20 Å². The lowest BCUT2D eigenvalue weighted by Crippen LogP contribution is -2.27. The van der Waals surface area contributed by atoms with Gasteiger partial charge in [-0.25, -0.2) is 9.97 Å². The topological polar surface area (TPSA) is 29.0 Å². The predicted octanol–water partition coefficient (Wildman–Crippen LogP) is 1.12. The number of aromatic nitrogens is 2. The summed E-state index contributed by atoms with van der Waals surface area (Å²) in [6.45, 7) is 1.99. The molecular formula is C8H10ClN3. The molecule has 0 saturated carbocycles. The van der Waals surface area contributed by atoms with Crippen molar-refractivity contribution >= 4 is 11.6 Å². The lowest BCUT2D eigenvalue weighted by molar-refractivity contribution is 0.309. The van der Waals surface area contributed by atoms with E-state index in [1.165, 1.54) is 5.56 Å². The van der Waals surface area contributed by atoms with E-state index < -0.39 is 0 Å². The highest BCUT2D eigenvalue weighted by Gasteiger charge is 2.14. The van der Waals surface area contributed by atoms with Gasteiger partial charge in [-0.1, -0.05) is 0 Å². The number of rotatable bonds is 0. The summed E-state index contributed by atoms with van der Waals surface area (Å²) in [5.74, 6) is 0. The van der Waals surface area contributed by atoms with Crippen molar-refractivity contribution in [2.75, 3.05) is 13.6 Å². The molecule has 64 valence electrons. The summed E-state index contributed by atoms with van der Waals surface area (Å²) in [5, 5.41) is 0.360. The lowest BCUT2D eigenvalue weighted by atomic mass is 10.1. The van der Waals surface area contributed by atoms with Gasteiger partial charge in [-0.2, -0.15) is 0 Å². The number of hydrogen-bond acceptors (Lipinski definition) is 3. The zero-order valence-electron chi connectivity index (χ0n) is 6.92. The number of hydrogen-bond donors (Lipinski definition) is 0. The Bertz CT molecular complexity index is 300. The first-order chi connectivity index (χ1) is 5.75. The van der Waals surface area contributed by atoms with E-state index in [-0.39, 0.29) is 0 Å². The maximum Gasteiger partial charge on any atom is 0.222 e. The molecule has 12 heavy (non-hydrogen) atoms. The average molecular weight is 184 g/mol. The van der Waals surface area contributed by atoms with Crippen molar-refractivity contribution in [3.05, 3.63) is 22.7 Å². The molecular weight excluding hydrogens is 174 g/mol. The highest BCUT2D eigenvalue weighted by Crippen LogP contribution is 2.15. The minimum Gasteiger partial charge on any atom is -0.302 e. The van der Waals surface area contributed by atoms with E-state index in [9.17, 15) is 0 Å². The quantitative estimate of drug-likeness (QED) is 0.565. The summed E-state index contributed by atoms with van der Waals surface area (Å²) < 4.78 is 0. The molecule has 3 nitrogen and oxygen atoms in total. The molecule has 0 unspecified atom stereocenters. The molecule has 2 rings (SSSR count). The first kappa shape index (κ1) is 7.95. The van der Waals surface area contributed by atoms with Crippen molar-refractivity contribution in [1.29, 1.82) is 0 Å². The van der Waals surface area contributed by atoms with Crippen molar-refractivity contribution in [2.24, 2.45) is 0 Å². The fourth-order valence-corrected chi connectivity index (χ4v) is 1.58. The second-order valence-corrected chi connectivity index (χ2v) is 3.44. The summed E-state index contributed by atoms with van der Waals surface area (Å²) in [5.41, 5.74) is 2.31. The summed E-state index contributed by atoms with van der Waals surface area (Å²) in [7, 11) is 2.09. The molecule has 0 saturated heterocycles. The molecule has 0 spiro atoms. The molecule has 1 aromatic heterocycles. The van der Waals surface area contributed by atoms with Crippen LogP contribution < -0.4 is 0 Å². The Kier molecular flexibility index (Phi) is 1.98. The minimum atomic E-state index is 0.360. The number of fused-ring (bicyclic) bond motifs is 1. The SMILES string of the molecule is CN1CCc2nc(Cl)ncc2C1. The van der Waals surface area contributed by atoms with Gasteiger partial charge in [-0.3, -0.25) is 0 Å². The van der Waals surface area contributed by atoms with E-state index in [0.29, 0.717) is 5.28 Å². The van der Waals surface area contributed by atoms with Gasteiger partial charge in [0.05, 0.1) is 5.69 Å².